The summed E-state index contributed by atoms with van der Waals surface area (Å²) in [6.45, 7) is 5.25. The Hall–Kier alpha value is -1.43. The molecule has 0 spiro atoms. The molecule has 88 valence electrons. The van der Waals surface area contributed by atoms with Gasteiger partial charge in [-0.15, -0.1) is 0 Å². The van der Waals surface area contributed by atoms with Gasteiger partial charge in [0.05, 0.1) is 24.1 Å². The van der Waals surface area contributed by atoms with Crippen molar-refractivity contribution in [1.82, 2.24) is 9.97 Å². The van der Waals surface area contributed by atoms with Gasteiger partial charge in [0.25, 0.3) is 0 Å². The number of hydrogen-bond donors (Lipinski definition) is 1. The fraction of sp³-hybridized carbons (Fsp3) is 0.600. The Labute approximate surface area is 93.4 Å². The standard InChI is InChI=1S/C10H15FN4O/c1-6-4-15(5-7(2)16-6)9-8(12)3-13-10(11)14-9/h3,6-7H,4-5,12H2,1-2H3/t6-,7+. The number of anilines is 2. The molecule has 0 bridgehead atoms. The topological polar surface area (TPSA) is 64.3 Å². The maximum atomic E-state index is 13.0. The summed E-state index contributed by atoms with van der Waals surface area (Å²) in [5.41, 5.74) is 6.13. The lowest BCUT2D eigenvalue weighted by molar-refractivity contribution is -0.00546. The largest absolute Gasteiger partial charge is 0.394 e. The van der Waals surface area contributed by atoms with Crippen LogP contribution in [0.2, 0.25) is 0 Å². The monoisotopic (exact) mass is 226 g/mol. The van der Waals surface area contributed by atoms with Gasteiger partial charge in [0.15, 0.2) is 5.82 Å². The lowest BCUT2D eigenvalue weighted by atomic mass is 10.2. The summed E-state index contributed by atoms with van der Waals surface area (Å²) in [4.78, 5) is 9.07. The van der Waals surface area contributed by atoms with Gasteiger partial charge in [0, 0.05) is 13.1 Å². The maximum Gasteiger partial charge on any atom is 0.310 e. The first-order valence-electron chi connectivity index (χ1n) is 5.24. The molecule has 0 amide bonds. The molecule has 1 saturated heterocycles. The first-order valence-corrected chi connectivity index (χ1v) is 5.24. The zero-order chi connectivity index (χ0) is 11.7. The van der Waals surface area contributed by atoms with E-state index in [9.17, 15) is 4.39 Å². The number of rotatable bonds is 1. The molecule has 0 aromatic carbocycles. The van der Waals surface area contributed by atoms with Crippen LogP contribution in [0.1, 0.15) is 13.8 Å². The summed E-state index contributed by atoms with van der Waals surface area (Å²) < 4.78 is 18.5. The van der Waals surface area contributed by atoms with E-state index in [4.69, 9.17) is 10.5 Å². The van der Waals surface area contributed by atoms with Crippen LogP contribution in [0, 0.1) is 6.08 Å². The van der Waals surface area contributed by atoms with E-state index in [1.807, 2.05) is 18.7 Å². The van der Waals surface area contributed by atoms with Crippen LogP contribution in [0.25, 0.3) is 0 Å². The molecule has 2 atom stereocenters. The predicted molar refractivity (Wildman–Crippen MR) is 58.6 cm³/mol. The molecule has 0 saturated carbocycles. The van der Waals surface area contributed by atoms with Gasteiger partial charge in [0.2, 0.25) is 0 Å². The molecule has 6 heteroatoms. The van der Waals surface area contributed by atoms with Crippen molar-refractivity contribution in [2.75, 3.05) is 23.7 Å². The summed E-state index contributed by atoms with van der Waals surface area (Å²) in [6.07, 6.45) is 0.709. The van der Waals surface area contributed by atoms with Crippen LogP contribution in [0.15, 0.2) is 6.20 Å². The van der Waals surface area contributed by atoms with Crippen molar-refractivity contribution in [1.29, 1.82) is 0 Å². The van der Waals surface area contributed by atoms with Crippen molar-refractivity contribution in [3.05, 3.63) is 12.3 Å². The van der Waals surface area contributed by atoms with E-state index >= 15 is 0 Å². The van der Waals surface area contributed by atoms with E-state index in [0.29, 0.717) is 24.6 Å². The van der Waals surface area contributed by atoms with Gasteiger partial charge in [0.1, 0.15) is 0 Å². The molecular formula is C10H15FN4O. The first-order chi connectivity index (χ1) is 7.56. The number of nitrogens with two attached hydrogens (primary N) is 1. The van der Waals surface area contributed by atoms with E-state index in [-0.39, 0.29) is 12.2 Å². The normalized spacial score (nSPS) is 25.8. The molecule has 1 aromatic rings. The summed E-state index contributed by atoms with van der Waals surface area (Å²) in [6, 6.07) is 0. The molecule has 1 fully saturated rings. The van der Waals surface area contributed by atoms with Crippen molar-refractivity contribution < 1.29 is 9.13 Å². The Morgan fingerprint density at radius 3 is 2.69 bits per heavy atom. The average molecular weight is 226 g/mol. The molecular weight excluding hydrogens is 211 g/mol. The average Bonchev–Trinajstić information content (AvgIpc) is 2.20. The predicted octanol–water partition coefficient (Wildman–Crippen LogP) is 0.811. The van der Waals surface area contributed by atoms with Crippen molar-refractivity contribution in [2.45, 2.75) is 26.1 Å². The summed E-state index contributed by atoms with van der Waals surface area (Å²) >= 11 is 0. The fourth-order valence-corrected chi connectivity index (χ4v) is 1.97. The number of nitrogen functional groups attached to an aromatic ring is 1. The van der Waals surface area contributed by atoms with Crippen molar-refractivity contribution in [3.63, 3.8) is 0 Å². The van der Waals surface area contributed by atoms with E-state index in [1.54, 1.807) is 0 Å². The Balaban J connectivity index is 2.25. The van der Waals surface area contributed by atoms with E-state index in [0.717, 1.165) is 0 Å². The number of halogens is 1. The number of aromatic nitrogens is 2. The fourth-order valence-electron chi connectivity index (χ4n) is 1.97. The van der Waals surface area contributed by atoms with E-state index in [1.165, 1.54) is 6.20 Å². The van der Waals surface area contributed by atoms with Crippen LogP contribution in [0.4, 0.5) is 15.9 Å². The molecule has 0 unspecified atom stereocenters. The molecule has 5 nitrogen and oxygen atoms in total. The Morgan fingerprint density at radius 2 is 2.06 bits per heavy atom. The molecule has 0 radical (unpaired) electrons. The second-order valence-corrected chi connectivity index (χ2v) is 4.08. The van der Waals surface area contributed by atoms with Crippen molar-refractivity contribution in [2.24, 2.45) is 0 Å². The molecule has 2 heterocycles. The van der Waals surface area contributed by atoms with Gasteiger partial charge in [-0.25, -0.2) is 4.98 Å². The first kappa shape index (κ1) is 11.1. The van der Waals surface area contributed by atoms with E-state index < -0.39 is 6.08 Å². The van der Waals surface area contributed by atoms with Gasteiger partial charge in [-0.2, -0.15) is 9.37 Å². The highest BCUT2D eigenvalue weighted by Gasteiger charge is 2.24. The van der Waals surface area contributed by atoms with Gasteiger partial charge in [-0.05, 0) is 13.8 Å². The number of morpholine rings is 1. The second-order valence-electron chi connectivity index (χ2n) is 4.08. The summed E-state index contributed by atoms with van der Waals surface area (Å²) in [7, 11) is 0. The summed E-state index contributed by atoms with van der Waals surface area (Å²) in [5, 5.41) is 0. The van der Waals surface area contributed by atoms with Crippen molar-refractivity contribution >= 4 is 11.5 Å². The van der Waals surface area contributed by atoms with Gasteiger partial charge >= 0.3 is 6.08 Å². The van der Waals surface area contributed by atoms with Crippen molar-refractivity contribution in [3.8, 4) is 0 Å². The molecule has 1 aliphatic rings. The summed E-state index contributed by atoms with van der Waals surface area (Å²) in [5.74, 6) is 0.453. The zero-order valence-corrected chi connectivity index (χ0v) is 9.35. The third-order valence-corrected chi connectivity index (χ3v) is 2.49. The highest BCUT2D eigenvalue weighted by Crippen LogP contribution is 2.23. The number of nitrogens with zero attached hydrogens (tertiary/aromatic N) is 3. The Morgan fingerprint density at radius 1 is 1.44 bits per heavy atom. The second kappa shape index (κ2) is 4.21. The van der Waals surface area contributed by atoms with Crippen LogP contribution in [-0.4, -0.2) is 35.3 Å². The Bertz CT molecular complexity index is 377. The molecule has 2 rings (SSSR count). The third-order valence-electron chi connectivity index (χ3n) is 2.49. The van der Waals surface area contributed by atoms with Gasteiger partial charge in [-0.1, -0.05) is 0 Å². The maximum absolute atomic E-state index is 13.0. The van der Waals surface area contributed by atoms with Crippen LogP contribution in [0.5, 0.6) is 0 Å². The quantitative estimate of drug-likeness (QED) is 0.718. The molecule has 2 N–H and O–H groups in total. The Kier molecular flexibility index (Phi) is 2.91. The molecule has 1 aliphatic heterocycles. The number of hydrogen-bond acceptors (Lipinski definition) is 5. The molecule has 16 heavy (non-hydrogen) atoms. The highest BCUT2D eigenvalue weighted by atomic mass is 19.1. The van der Waals surface area contributed by atoms with Crippen LogP contribution < -0.4 is 10.6 Å². The third kappa shape index (κ3) is 2.21. The molecule has 1 aromatic heterocycles. The SMILES string of the molecule is C[C@@H]1CN(c2nc(F)ncc2N)C[C@H](C)O1. The zero-order valence-electron chi connectivity index (χ0n) is 9.35. The van der Waals surface area contributed by atoms with E-state index in [2.05, 4.69) is 9.97 Å². The van der Waals surface area contributed by atoms with Gasteiger partial charge < -0.3 is 15.4 Å². The highest BCUT2D eigenvalue weighted by molar-refractivity contribution is 5.61. The lowest BCUT2D eigenvalue weighted by Crippen LogP contribution is -2.46. The van der Waals surface area contributed by atoms with Crippen LogP contribution in [-0.2, 0) is 4.74 Å². The van der Waals surface area contributed by atoms with Crippen LogP contribution >= 0.6 is 0 Å². The molecule has 0 aliphatic carbocycles. The number of ether oxygens (including phenoxy) is 1. The van der Waals surface area contributed by atoms with Gasteiger partial charge in [-0.3, -0.25) is 0 Å². The minimum absolute atomic E-state index is 0.0844. The smallest absolute Gasteiger partial charge is 0.310 e. The minimum Gasteiger partial charge on any atom is -0.394 e. The lowest BCUT2D eigenvalue weighted by Gasteiger charge is -2.36. The minimum atomic E-state index is -0.754. The van der Waals surface area contributed by atoms with Crippen LogP contribution in [0.3, 0.4) is 0 Å².